The summed E-state index contributed by atoms with van der Waals surface area (Å²) < 4.78 is 38.9. The molecule has 17 heavy (non-hydrogen) atoms. The largest absolute Gasteiger partial charge is 0.478 e. The first-order valence-electron chi connectivity index (χ1n) is 5.36. The van der Waals surface area contributed by atoms with Gasteiger partial charge in [-0.05, 0) is 6.42 Å². The van der Waals surface area contributed by atoms with Gasteiger partial charge in [-0.15, -0.1) is 0 Å². The molecule has 0 saturated heterocycles. The van der Waals surface area contributed by atoms with E-state index in [4.69, 9.17) is 5.11 Å². The number of carboxylic acids is 1. The molecule has 1 aromatic heterocycles. The van der Waals surface area contributed by atoms with Crippen molar-refractivity contribution in [3.63, 3.8) is 0 Å². The Bertz CT molecular complexity index is 396. The Hall–Kier alpha value is -1.46. The van der Waals surface area contributed by atoms with Gasteiger partial charge < -0.3 is 9.67 Å². The fourth-order valence-corrected chi connectivity index (χ4v) is 1.58. The monoisotopic (exact) mass is 249 g/mol. The average molecular weight is 249 g/mol. The molecule has 0 saturated carbocycles. The minimum absolute atomic E-state index is 0.407. The highest BCUT2D eigenvalue weighted by molar-refractivity contribution is 5.89. The average Bonchev–Trinajstić information content (AvgIpc) is 2.62. The molecule has 1 N–H and O–H groups in total. The van der Waals surface area contributed by atoms with E-state index < -0.39 is 23.3 Å². The van der Waals surface area contributed by atoms with Crippen LogP contribution in [-0.4, -0.2) is 15.6 Å². The smallest absolute Gasteiger partial charge is 0.418 e. The Morgan fingerprint density at radius 3 is 2.41 bits per heavy atom. The first-order chi connectivity index (χ1) is 7.86. The molecule has 0 aromatic carbocycles. The predicted octanol–water partition coefficient (Wildman–Crippen LogP) is 3.40. The number of nitrogens with zero attached hydrogens (tertiary/aromatic N) is 1. The third-order valence-electron chi connectivity index (χ3n) is 2.44. The van der Waals surface area contributed by atoms with E-state index in [9.17, 15) is 18.0 Å². The van der Waals surface area contributed by atoms with Crippen LogP contribution in [-0.2, 0) is 12.7 Å². The lowest BCUT2D eigenvalue weighted by Crippen LogP contribution is -2.09. The van der Waals surface area contributed by atoms with Crippen LogP contribution in [0.15, 0.2) is 12.4 Å². The minimum atomic E-state index is -4.62. The molecule has 96 valence electrons. The summed E-state index contributed by atoms with van der Waals surface area (Å²) >= 11 is 0. The van der Waals surface area contributed by atoms with Crippen LogP contribution < -0.4 is 0 Å². The van der Waals surface area contributed by atoms with Gasteiger partial charge in [0.05, 0.1) is 11.1 Å². The number of carboxylic acid groups (broad SMARTS) is 1. The molecule has 1 aromatic rings. The van der Waals surface area contributed by atoms with E-state index in [-0.39, 0.29) is 0 Å². The van der Waals surface area contributed by atoms with Gasteiger partial charge in [-0.2, -0.15) is 13.2 Å². The SMILES string of the molecule is CCCCCn1cc(C(=O)O)c(C(F)(F)F)c1. The number of aromatic nitrogens is 1. The maximum Gasteiger partial charge on any atom is 0.418 e. The van der Waals surface area contributed by atoms with E-state index in [1.54, 1.807) is 0 Å². The summed E-state index contributed by atoms with van der Waals surface area (Å²) in [4.78, 5) is 10.7. The Balaban J connectivity index is 2.93. The molecule has 1 rings (SSSR count). The van der Waals surface area contributed by atoms with Crippen molar-refractivity contribution in [3.8, 4) is 0 Å². The van der Waals surface area contributed by atoms with Crippen LogP contribution in [0.4, 0.5) is 13.2 Å². The van der Waals surface area contributed by atoms with Gasteiger partial charge in [-0.1, -0.05) is 19.8 Å². The van der Waals surface area contributed by atoms with Crippen molar-refractivity contribution in [2.75, 3.05) is 0 Å². The molecule has 0 radical (unpaired) electrons. The number of aryl methyl sites for hydroxylation is 1. The molecule has 0 amide bonds. The van der Waals surface area contributed by atoms with E-state index in [2.05, 4.69) is 0 Å². The molecule has 0 aliphatic rings. The molecular formula is C11H14F3NO2. The highest BCUT2D eigenvalue weighted by atomic mass is 19.4. The highest BCUT2D eigenvalue weighted by Crippen LogP contribution is 2.32. The van der Waals surface area contributed by atoms with Crippen molar-refractivity contribution < 1.29 is 23.1 Å². The number of alkyl halides is 3. The van der Waals surface area contributed by atoms with E-state index in [0.717, 1.165) is 31.7 Å². The van der Waals surface area contributed by atoms with Crippen molar-refractivity contribution >= 4 is 5.97 Å². The van der Waals surface area contributed by atoms with Crippen molar-refractivity contribution in [2.45, 2.75) is 38.9 Å². The number of carbonyl (C=O) groups is 1. The quantitative estimate of drug-likeness (QED) is 0.812. The lowest BCUT2D eigenvalue weighted by Gasteiger charge is -2.04. The topological polar surface area (TPSA) is 42.2 Å². The number of hydrogen-bond donors (Lipinski definition) is 1. The van der Waals surface area contributed by atoms with E-state index in [0.29, 0.717) is 6.54 Å². The van der Waals surface area contributed by atoms with Gasteiger partial charge in [0.1, 0.15) is 0 Å². The second kappa shape index (κ2) is 5.25. The van der Waals surface area contributed by atoms with Crippen LogP contribution in [0.25, 0.3) is 0 Å². The van der Waals surface area contributed by atoms with Gasteiger partial charge in [-0.3, -0.25) is 0 Å². The Kier molecular flexibility index (Phi) is 4.20. The summed E-state index contributed by atoms with van der Waals surface area (Å²) in [5, 5.41) is 8.70. The van der Waals surface area contributed by atoms with Crippen LogP contribution in [0, 0.1) is 0 Å². The summed E-state index contributed by atoms with van der Waals surface area (Å²) in [6.07, 6.45) is -0.119. The zero-order valence-corrected chi connectivity index (χ0v) is 9.42. The molecule has 0 unspecified atom stereocenters. The van der Waals surface area contributed by atoms with Crippen LogP contribution in [0.1, 0.15) is 42.1 Å². The van der Waals surface area contributed by atoms with Gasteiger partial charge in [0.25, 0.3) is 0 Å². The van der Waals surface area contributed by atoms with Crippen molar-refractivity contribution in [2.24, 2.45) is 0 Å². The lowest BCUT2D eigenvalue weighted by atomic mass is 10.2. The predicted molar refractivity (Wildman–Crippen MR) is 55.9 cm³/mol. The van der Waals surface area contributed by atoms with Crippen LogP contribution >= 0.6 is 0 Å². The lowest BCUT2D eigenvalue weighted by molar-refractivity contribution is -0.138. The number of aromatic carboxylic acids is 1. The van der Waals surface area contributed by atoms with E-state index >= 15 is 0 Å². The summed E-state index contributed by atoms with van der Waals surface area (Å²) in [5.41, 5.74) is -1.77. The number of halogens is 3. The molecule has 0 fully saturated rings. The third-order valence-corrected chi connectivity index (χ3v) is 2.44. The van der Waals surface area contributed by atoms with Gasteiger partial charge in [0.15, 0.2) is 0 Å². The summed E-state index contributed by atoms with van der Waals surface area (Å²) in [6.45, 7) is 2.39. The summed E-state index contributed by atoms with van der Waals surface area (Å²) in [5.74, 6) is -1.55. The molecule has 6 heteroatoms. The first-order valence-corrected chi connectivity index (χ1v) is 5.36. The normalized spacial score (nSPS) is 11.8. The van der Waals surface area contributed by atoms with Gasteiger partial charge >= 0.3 is 12.1 Å². The molecule has 0 atom stereocenters. The standard InChI is InChI=1S/C11H14F3NO2/c1-2-3-4-5-15-6-8(10(16)17)9(7-15)11(12,13)14/h6-7H,2-5H2,1H3,(H,16,17). The fourth-order valence-electron chi connectivity index (χ4n) is 1.58. The van der Waals surface area contributed by atoms with Crippen molar-refractivity contribution in [1.29, 1.82) is 0 Å². The summed E-state index contributed by atoms with van der Waals surface area (Å²) in [7, 11) is 0. The molecule has 0 spiro atoms. The third kappa shape index (κ3) is 3.51. The number of unbranched alkanes of at least 4 members (excludes halogenated alkanes) is 2. The van der Waals surface area contributed by atoms with Crippen molar-refractivity contribution in [1.82, 2.24) is 4.57 Å². The van der Waals surface area contributed by atoms with E-state index in [1.165, 1.54) is 4.57 Å². The number of hydrogen-bond acceptors (Lipinski definition) is 1. The van der Waals surface area contributed by atoms with Gasteiger partial charge in [-0.25, -0.2) is 4.79 Å². The Morgan fingerprint density at radius 2 is 2.00 bits per heavy atom. The zero-order valence-electron chi connectivity index (χ0n) is 9.42. The molecule has 0 aliphatic heterocycles. The summed E-state index contributed by atoms with van der Waals surface area (Å²) in [6, 6.07) is 0. The van der Waals surface area contributed by atoms with Crippen LogP contribution in [0.3, 0.4) is 0 Å². The second-order valence-corrected chi connectivity index (χ2v) is 3.83. The highest BCUT2D eigenvalue weighted by Gasteiger charge is 2.36. The van der Waals surface area contributed by atoms with Gasteiger partial charge in [0, 0.05) is 18.9 Å². The first kappa shape index (κ1) is 13.6. The molecule has 0 aliphatic carbocycles. The Labute approximate surface area is 96.9 Å². The van der Waals surface area contributed by atoms with E-state index in [1.807, 2.05) is 6.92 Å². The molecular weight excluding hydrogens is 235 g/mol. The zero-order chi connectivity index (χ0) is 13.1. The fraction of sp³-hybridized carbons (Fsp3) is 0.545. The molecule has 0 bridgehead atoms. The molecule has 3 nitrogen and oxygen atoms in total. The van der Waals surface area contributed by atoms with Crippen LogP contribution in [0.5, 0.6) is 0 Å². The van der Waals surface area contributed by atoms with Crippen LogP contribution in [0.2, 0.25) is 0 Å². The second-order valence-electron chi connectivity index (χ2n) is 3.83. The maximum atomic E-state index is 12.5. The number of rotatable bonds is 5. The van der Waals surface area contributed by atoms with Crippen molar-refractivity contribution in [3.05, 3.63) is 23.5 Å². The Morgan fingerprint density at radius 1 is 1.35 bits per heavy atom. The van der Waals surface area contributed by atoms with Gasteiger partial charge in [0.2, 0.25) is 0 Å². The molecule has 1 heterocycles. The minimum Gasteiger partial charge on any atom is -0.478 e. The maximum absolute atomic E-state index is 12.5.